The molecule has 0 heterocycles. The van der Waals surface area contributed by atoms with Crippen molar-refractivity contribution in [2.75, 3.05) is 14.2 Å². The SMILES string of the molecule is COc1ccc(/C=C(\C#N)C(=O)NC2CCCCC2)cc1OC. The number of nitrogens with zero attached hydrogens (tertiary/aromatic N) is 1. The largest absolute Gasteiger partial charge is 0.493 e. The van der Waals surface area contributed by atoms with Crippen LogP contribution >= 0.6 is 0 Å². The molecule has 1 amide bonds. The van der Waals surface area contributed by atoms with Crippen molar-refractivity contribution in [2.24, 2.45) is 0 Å². The first kappa shape index (κ1) is 16.9. The van der Waals surface area contributed by atoms with Gasteiger partial charge in [-0.15, -0.1) is 0 Å². The highest BCUT2D eigenvalue weighted by Gasteiger charge is 2.18. The van der Waals surface area contributed by atoms with Crippen molar-refractivity contribution >= 4 is 12.0 Å². The molecule has 1 aromatic rings. The molecule has 1 aromatic carbocycles. The number of hydrogen-bond donors (Lipinski definition) is 1. The molecule has 1 aliphatic rings. The van der Waals surface area contributed by atoms with Crippen LogP contribution in [0.5, 0.6) is 11.5 Å². The Morgan fingerprint density at radius 2 is 1.91 bits per heavy atom. The molecule has 5 nitrogen and oxygen atoms in total. The second-order valence-corrected chi connectivity index (χ2v) is 5.59. The van der Waals surface area contributed by atoms with Crippen LogP contribution in [-0.4, -0.2) is 26.2 Å². The predicted molar refractivity (Wildman–Crippen MR) is 88.2 cm³/mol. The quantitative estimate of drug-likeness (QED) is 0.670. The summed E-state index contributed by atoms with van der Waals surface area (Å²) in [5.41, 5.74) is 0.820. The third-order valence-electron chi connectivity index (χ3n) is 4.02. The molecule has 2 rings (SSSR count). The van der Waals surface area contributed by atoms with Gasteiger partial charge in [0.05, 0.1) is 14.2 Å². The summed E-state index contributed by atoms with van der Waals surface area (Å²) in [4.78, 5) is 12.3. The maximum absolute atomic E-state index is 12.3. The first-order valence-corrected chi connectivity index (χ1v) is 7.82. The molecule has 0 bridgehead atoms. The van der Waals surface area contributed by atoms with Gasteiger partial charge in [0, 0.05) is 6.04 Å². The van der Waals surface area contributed by atoms with E-state index in [2.05, 4.69) is 5.32 Å². The second-order valence-electron chi connectivity index (χ2n) is 5.59. The fourth-order valence-electron chi connectivity index (χ4n) is 2.77. The molecule has 0 spiro atoms. The highest BCUT2D eigenvalue weighted by molar-refractivity contribution is 6.01. The van der Waals surface area contributed by atoms with Crippen LogP contribution in [0.3, 0.4) is 0 Å². The van der Waals surface area contributed by atoms with Crippen molar-refractivity contribution in [2.45, 2.75) is 38.1 Å². The van der Waals surface area contributed by atoms with Crippen molar-refractivity contribution in [3.8, 4) is 17.6 Å². The van der Waals surface area contributed by atoms with Gasteiger partial charge < -0.3 is 14.8 Å². The fraction of sp³-hybridized carbons (Fsp3) is 0.444. The number of amides is 1. The van der Waals surface area contributed by atoms with Crippen molar-refractivity contribution in [3.63, 3.8) is 0 Å². The van der Waals surface area contributed by atoms with Crippen molar-refractivity contribution in [1.29, 1.82) is 5.26 Å². The van der Waals surface area contributed by atoms with Crippen LogP contribution in [-0.2, 0) is 4.79 Å². The van der Waals surface area contributed by atoms with Crippen molar-refractivity contribution in [3.05, 3.63) is 29.3 Å². The van der Waals surface area contributed by atoms with E-state index in [-0.39, 0.29) is 17.5 Å². The number of ether oxygens (including phenoxy) is 2. The van der Waals surface area contributed by atoms with E-state index >= 15 is 0 Å². The van der Waals surface area contributed by atoms with Crippen LogP contribution in [0, 0.1) is 11.3 Å². The minimum Gasteiger partial charge on any atom is -0.493 e. The van der Waals surface area contributed by atoms with E-state index in [1.807, 2.05) is 6.07 Å². The van der Waals surface area contributed by atoms with Gasteiger partial charge in [-0.3, -0.25) is 4.79 Å². The summed E-state index contributed by atoms with van der Waals surface area (Å²) in [5.74, 6) is 0.857. The lowest BCUT2D eigenvalue weighted by Gasteiger charge is -2.22. The standard InChI is InChI=1S/C18H22N2O3/c1-22-16-9-8-13(11-17(16)23-2)10-14(12-19)18(21)20-15-6-4-3-5-7-15/h8-11,15H,3-7H2,1-2H3,(H,20,21)/b14-10+. The molecule has 0 atom stereocenters. The summed E-state index contributed by atoms with van der Waals surface area (Å²) in [7, 11) is 3.11. The van der Waals surface area contributed by atoms with Gasteiger partial charge in [-0.2, -0.15) is 5.26 Å². The Morgan fingerprint density at radius 3 is 2.52 bits per heavy atom. The van der Waals surface area contributed by atoms with Gasteiger partial charge in [-0.1, -0.05) is 25.3 Å². The van der Waals surface area contributed by atoms with Crippen LogP contribution in [0.15, 0.2) is 23.8 Å². The van der Waals surface area contributed by atoms with E-state index in [4.69, 9.17) is 9.47 Å². The number of benzene rings is 1. The smallest absolute Gasteiger partial charge is 0.262 e. The van der Waals surface area contributed by atoms with Crippen molar-refractivity contribution < 1.29 is 14.3 Å². The molecule has 5 heteroatoms. The zero-order valence-corrected chi connectivity index (χ0v) is 13.6. The second kappa shape index (κ2) is 8.23. The molecule has 0 saturated heterocycles. The van der Waals surface area contributed by atoms with E-state index in [0.29, 0.717) is 11.5 Å². The highest BCUT2D eigenvalue weighted by atomic mass is 16.5. The molecule has 1 fully saturated rings. The van der Waals surface area contributed by atoms with Gasteiger partial charge in [-0.25, -0.2) is 0 Å². The lowest BCUT2D eigenvalue weighted by atomic mass is 9.95. The first-order chi connectivity index (χ1) is 11.2. The number of nitriles is 1. The maximum Gasteiger partial charge on any atom is 0.262 e. The zero-order valence-electron chi connectivity index (χ0n) is 13.6. The Balaban J connectivity index is 2.14. The molecule has 1 saturated carbocycles. The minimum absolute atomic E-state index is 0.0998. The third kappa shape index (κ3) is 4.49. The van der Waals surface area contributed by atoms with Crippen LogP contribution in [0.4, 0.5) is 0 Å². The Labute approximate surface area is 136 Å². The highest BCUT2D eigenvalue weighted by Crippen LogP contribution is 2.28. The molecule has 1 N–H and O–H groups in total. The molecule has 0 radical (unpaired) electrons. The Morgan fingerprint density at radius 1 is 1.22 bits per heavy atom. The summed E-state index contributed by atoms with van der Waals surface area (Å²) in [6.07, 6.45) is 7.03. The summed E-state index contributed by atoms with van der Waals surface area (Å²) in [6, 6.07) is 7.44. The van der Waals surface area contributed by atoms with Crippen LogP contribution < -0.4 is 14.8 Å². The van der Waals surface area contributed by atoms with E-state index in [0.717, 1.165) is 31.2 Å². The molecule has 0 unspecified atom stereocenters. The number of methoxy groups -OCH3 is 2. The van der Waals surface area contributed by atoms with Crippen molar-refractivity contribution in [1.82, 2.24) is 5.32 Å². The molecular weight excluding hydrogens is 292 g/mol. The van der Waals surface area contributed by atoms with Gasteiger partial charge in [0.2, 0.25) is 0 Å². The average molecular weight is 314 g/mol. The number of rotatable bonds is 5. The maximum atomic E-state index is 12.3. The van der Waals surface area contributed by atoms with E-state index in [9.17, 15) is 10.1 Å². The average Bonchev–Trinajstić information content (AvgIpc) is 2.60. The lowest BCUT2D eigenvalue weighted by Crippen LogP contribution is -2.36. The van der Waals surface area contributed by atoms with Crippen LogP contribution in [0.1, 0.15) is 37.7 Å². The summed E-state index contributed by atoms with van der Waals surface area (Å²) in [5, 5.41) is 12.2. The van der Waals surface area contributed by atoms with E-state index in [1.165, 1.54) is 6.42 Å². The van der Waals surface area contributed by atoms with Gasteiger partial charge in [0.1, 0.15) is 11.6 Å². The van der Waals surface area contributed by atoms with Gasteiger partial charge in [0.25, 0.3) is 5.91 Å². The van der Waals surface area contributed by atoms with E-state index in [1.54, 1.807) is 38.5 Å². The Bertz CT molecular complexity index is 626. The van der Waals surface area contributed by atoms with Crippen LogP contribution in [0.25, 0.3) is 6.08 Å². The monoisotopic (exact) mass is 314 g/mol. The number of nitrogens with one attached hydrogen (secondary N) is 1. The lowest BCUT2D eigenvalue weighted by molar-refractivity contribution is -0.117. The Hall–Kier alpha value is -2.48. The van der Waals surface area contributed by atoms with Gasteiger partial charge >= 0.3 is 0 Å². The van der Waals surface area contributed by atoms with E-state index < -0.39 is 0 Å². The summed E-state index contributed by atoms with van der Waals surface area (Å²) in [6.45, 7) is 0. The number of carbonyl (C=O) groups excluding carboxylic acids is 1. The van der Waals surface area contributed by atoms with Gasteiger partial charge in [-0.05, 0) is 36.6 Å². The first-order valence-electron chi connectivity index (χ1n) is 7.82. The third-order valence-corrected chi connectivity index (χ3v) is 4.02. The number of hydrogen-bond acceptors (Lipinski definition) is 4. The van der Waals surface area contributed by atoms with Gasteiger partial charge in [0.15, 0.2) is 11.5 Å². The molecule has 122 valence electrons. The molecule has 1 aliphatic carbocycles. The summed E-state index contributed by atoms with van der Waals surface area (Å²) < 4.78 is 10.4. The summed E-state index contributed by atoms with van der Waals surface area (Å²) >= 11 is 0. The molecule has 0 aliphatic heterocycles. The molecular formula is C18H22N2O3. The predicted octanol–water partition coefficient (Wildman–Crippen LogP) is 3.06. The Kier molecular flexibility index (Phi) is 6.04. The normalized spacial score (nSPS) is 15.6. The zero-order chi connectivity index (χ0) is 16.7. The minimum atomic E-state index is -0.311. The fourth-order valence-corrected chi connectivity index (χ4v) is 2.77. The van der Waals surface area contributed by atoms with Crippen LogP contribution in [0.2, 0.25) is 0 Å². The number of carbonyl (C=O) groups is 1. The molecule has 23 heavy (non-hydrogen) atoms. The topological polar surface area (TPSA) is 71.3 Å². The molecule has 0 aromatic heterocycles.